The molecule has 2 aliphatic rings. The molecule has 0 saturated heterocycles. The summed E-state index contributed by atoms with van der Waals surface area (Å²) in [6, 6.07) is -0.242. The largest absolute Gasteiger partial charge is 0.495 e. The van der Waals surface area contributed by atoms with E-state index in [4.69, 9.17) is 4.74 Å². The maximum Gasteiger partial charge on any atom is 0.209 e. The van der Waals surface area contributed by atoms with Crippen LogP contribution in [0.3, 0.4) is 0 Å². The van der Waals surface area contributed by atoms with E-state index in [1.807, 2.05) is 12.2 Å². The molecule has 0 aromatic carbocycles. The molecular weight excluding hydrogens is 294 g/mol. The Bertz CT molecular complexity index is 437. The Balaban J connectivity index is 2.00. The van der Waals surface area contributed by atoms with Gasteiger partial charge in [-0.2, -0.15) is 0 Å². The predicted molar refractivity (Wildman–Crippen MR) is 65.6 cm³/mol. The third-order valence-corrected chi connectivity index (χ3v) is 3.90. The molecule has 0 heterocycles. The summed E-state index contributed by atoms with van der Waals surface area (Å²) in [6.07, 6.45) is 8.01. The fourth-order valence-electron chi connectivity index (χ4n) is 1.50. The van der Waals surface area contributed by atoms with Gasteiger partial charge in [-0.25, -0.2) is 13.1 Å². The molecule has 1 saturated carbocycles. The first kappa shape index (κ1) is 12.1. The van der Waals surface area contributed by atoms with E-state index in [-0.39, 0.29) is 6.04 Å². The molecule has 0 radical (unpaired) electrons. The Hall–Kier alpha value is -0.330. The Kier molecular flexibility index (Phi) is 3.42. The highest BCUT2D eigenvalue weighted by Crippen LogP contribution is 2.31. The monoisotopic (exact) mass is 307 g/mol. The van der Waals surface area contributed by atoms with Gasteiger partial charge in [0.25, 0.3) is 0 Å². The number of allylic oxidation sites excluding steroid dienone is 2. The van der Waals surface area contributed by atoms with Gasteiger partial charge in [-0.15, -0.1) is 0 Å². The van der Waals surface area contributed by atoms with Gasteiger partial charge in [0.15, 0.2) is 0 Å². The third-order valence-electron chi connectivity index (χ3n) is 2.37. The van der Waals surface area contributed by atoms with Crippen molar-refractivity contribution < 1.29 is 13.2 Å². The van der Waals surface area contributed by atoms with Crippen molar-refractivity contribution in [2.24, 2.45) is 0 Å². The van der Waals surface area contributed by atoms with Crippen LogP contribution >= 0.6 is 15.9 Å². The summed E-state index contributed by atoms with van der Waals surface area (Å²) in [5.74, 6) is 0.854. The van der Waals surface area contributed by atoms with Crippen LogP contribution in [0.25, 0.3) is 0 Å². The van der Waals surface area contributed by atoms with E-state index in [1.165, 1.54) is 0 Å². The zero-order chi connectivity index (χ0) is 11.8. The fourth-order valence-corrected chi connectivity index (χ4v) is 2.79. The van der Waals surface area contributed by atoms with E-state index >= 15 is 0 Å². The molecule has 0 aromatic rings. The van der Waals surface area contributed by atoms with Crippen molar-refractivity contribution in [1.29, 1.82) is 0 Å². The minimum atomic E-state index is -3.20. The summed E-state index contributed by atoms with van der Waals surface area (Å²) in [5, 5.41) is 0. The van der Waals surface area contributed by atoms with Gasteiger partial charge in [0, 0.05) is 10.9 Å². The summed E-state index contributed by atoms with van der Waals surface area (Å²) in [6.45, 7) is 0. The summed E-state index contributed by atoms with van der Waals surface area (Å²) in [5.41, 5.74) is 0. The zero-order valence-electron chi connectivity index (χ0n) is 8.94. The van der Waals surface area contributed by atoms with Crippen LogP contribution in [0.2, 0.25) is 0 Å². The van der Waals surface area contributed by atoms with Crippen molar-refractivity contribution in [3.63, 3.8) is 0 Å². The van der Waals surface area contributed by atoms with E-state index < -0.39 is 10.0 Å². The molecule has 0 aromatic heterocycles. The molecule has 1 fully saturated rings. The SMILES string of the molecule is CS(=O)(=O)NC1CC(OC2CC2)=CC=C1Br. The van der Waals surface area contributed by atoms with Crippen LogP contribution < -0.4 is 4.72 Å². The maximum absolute atomic E-state index is 11.2. The quantitative estimate of drug-likeness (QED) is 0.859. The second-order valence-corrected chi connectivity index (χ2v) is 6.84. The lowest BCUT2D eigenvalue weighted by Gasteiger charge is -2.22. The van der Waals surface area contributed by atoms with E-state index in [0.29, 0.717) is 12.5 Å². The second-order valence-electron chi connectivity index (χ2n) is 4.15. The molecule has 16 heavy (non-hydrogen) atoms. The molecule has 1 unspecified atom stereocenters. The van der Waals surface area contributed by atoms with Gasteiger partial charge < -0.3 is 4.74 Å². The molecular formula is C10H14BrNO3S. The highest BCUT2D eigenvalue weighted by molar-refractivity contribution is 9.11. The van der Waals surface area contributed by atoms with Crippen molar-refractivity contribution in [3.8, 4) is 0 Å². The van der Waals surface area contributed by atoms with Crippen molar-refractivity contribution in [2.45, 2.75) is 31.4 Å². The first-order valence-corrected chi connectivity index (χ1v) is 7.83. The second kappa shape index (κ2) is 4.50. The first-order chi connectivity index (χ1) is 7.44. The van der Waals surface area contributed by atoms with E-state index in [0.717, 1.165) is 29.3 Å². The lowest BCUT2D eigenvalue weighted by atomic mass is 10.1. The molecule has 4 nitrogen and oxygen atoms in total. The van der Waals surface area contributed by atoms with Gasteiger partial charge in [0.1, 0.15) is 0 Å². The van der Waals surface area contributed by atoms with Crippen LogP contribution in [0.4, 0.5) is 0 Å². The Labute approximate surface area is 104 Å². The molecule has 2 aliphatic carbocycles. The molecule has 2 rings (SSSR count). The van der Waals surface area contributed by atoms with Gasteiger partial charge in [-0.1, -0.05) is 15.9 Å². The maximum atomic E-state index is 11.2. The Morgan fingerprint density at radius 2 is 2.12 bits per heavy atom. The smallest absolute Gasteiger partial charge is 0.209 e. The molecule has 1 N–H and O–H groups in total. The molecule has 1 atom stereocenters. The van der Waals surface area contributed by atoms with Crippen LogP contribution in [0, 0.1) is 0 Å². The number of halogens is 1. The molecule has 6 heteroatoms. The zero-order valence-corrected chi connectivity index (χ0v) is 11.3. The number of hydrogen-bond donors (Lipinski definition) is 1. The minimum Gasteiger partial charge on any atom is -0.495 e. The van der Waals surface area contributed by atoms with Crippen LogP contribution in [-0.2, 0) is 14.8 Å². The molecule has 0 bridgehead atoms. The highest BCUT2D eigenvalue weighted by atomic mass is 79.9. The first-order valence-electron chi connectivity index (χ1n) is 5.14. The van der Waals surface area contributed by atoms with Gasteiger partial charge in [0.05, 0.1) is 24.2 Å². The topological polar surface area (TPSA) is 55.4 Å². The number of ether oxygens (including phenoxy) is 1. The van der Waals surface area contributed by atoms with Gasteiger partial charge >= 0.3 is 0 Å². The van der Waals surface area contributed by atoms with E-state index in [2.05, 4.69) is 20.7 Å². The van der Waals surface area contributed by atoms with Crippen molar-refractivity contribution in [3.05, 3.63) is 22.4 Å². The molecule has 0 amide bonds. The third kappa shape index (κ3) is 3.61. The highest BCUT2D eigenvalue weighted by Gasteiger charge is 2.28. The van der Waals surface area contributed by atoms with Crippen molar-refractivity contribution in [1.82, 2.24) is 4.72 Å². The van der Waals surface area contributed by atoms with Crippen molar-refractivity contribution >= 4 is 26.0 Å². The van der Waals surface area contributed by atoms with Crippen molar-refractivity contribution in [2.75, 3.05) is 6.26 Å². The summed E-state index contributed by atoms with van der Waals surface area (Å²) in [7, 11) is -3.20. The normalized spacial score (nSPS) is 26.0. The van der Waals surface area contributed by atoms with Gasteiger partial charge in [0.2, 0.25) is 10.0 Å². The standard InChI is InChI=1S/C10H14BrNO3S/c1-16(13,14)12-10-6-8(4-5-9(10)11)15-7-2-3-7/h4-5,7,10,12H,2-3,6H2,1H3. The molecule has 90 valence electrons. The van der Waals surface area contributed by atoms with Gasteiger partial charge in [-0.3, -0.25) is 0 Å². The average molecular weight is 308 g/mol. The van der Waals surface area contributed by atoms with Crippen LogP contribution in [0.5, 0.6) is 0 Å². The number of nitrogens with one attached hydrogen (secondary N) is 1. The minimum absolute atomic E-state index is 0.242. The lowest BCUT2D eigenvalue weighted by molar-refractivity contribution is 0.183. The van der Waals surface area contributed by atoms with E-state index in [9.17, 15) is 8.42 Å². The van der Waals surface area contributed by atoms with Crippen LogP contribution in [0.15, 0.2) is 22.4 Å². The van der Waals surface area contributed by atoms with Crippen LogP contribution in [0.1, 0.15) is 19.3 Å². The fraction of sp³-hybridized carbons (Fsp3) is 0.600. The van der Waals surface area contributed by atoms with Crippen LogP contribution in [-0.4, -0.2) is 26.8 Å². The summed E-state index contributed by atoms with van der Waals surface area (Å²) >= 11 is 3.35. The van der Waals surface area contributed by atoms with E-state index in [1.54, 1.807) is 0 Å². The Morgan fingerprint density at radius 3 is 2.69 bits per heavy atom. The number of sulfonamides is 1. The lowest BCUT2D eigenvalue weighted by Crippen LogP contribution is -2.35. The Morgan fingerprint density at radius 1 is 1.44 bits per heavy atom. The summed E-state index contributed by atoms with van der Waals surface area (Å²) < 4.78 is 31.4. The predicted octanol–water partition coefficient (Wildman–Crippen LogP) is 1.65. The van der Waals surface area contributed by atoms with Gasteiger partial charge in [-0.05, 0) is 25.0 Å². The number of rotatable bonds is 4. The summed E-state index contributed by atoms with van der Waals surface area (Å²) in [4.78, 5) is 0. The number of hydrogen-bond acceptors (Lipinski definition) is 3. The molecule has 0 aliphatic heterocycles. The molecule has 0 spiro atoms. The average Bonchev–Trinajstić information content (AvgIpc) is 2.92.